The van der Waals surface area contributed by atoms with Gasteiger partial charge in [0.2, 0.25) is 0 Å². The number of H-pyrrole nitrogens is 1. The van der Waals surface area contributed by atoms with E-state index in [2.05, 4.69) is 90.2 Å². The number of benzene rings is 3. The molecule has 9 rings (SSSR count). The number of hydrogen-bond donors (Lipinski definition) is 1. The van der Waals surface area contributed by atoms with E-state index in [9.17, 15) is 14.4 Å². The Morgan fingerprint density at radius 3 is 1.55 bits per heavy atom. The maximum Gasteiger partial charge on any atom is 1.00 e. The predicted octanol–water partition coefficient (Wildman–Crippen LogP) is 4.67. The minimum atomic E-state index is -0.433. The number of carbonyl (C=O) groups excluding carboxylic acids is 4. The first-order valence-corrected chi connectivity index (χ1v) is 24.8. The number of pyridine rings is 3. The summed E-state index contributed by atoms with van der Waals surface area (Å²) in [7, 11) is 4.04. The van der Waals surface area contributed by atoms with Crippen LogP contribution in [0.5, 0.6) is 0 Å². The smallest absolute Gasteiger partial charge is 1.00 e. The second kappa shape index (κ2) is 34.8. The molecule has 0 amide bonds. The number of rotatable bonds is 9. The van der Waals surface area contributed by atoms with Gasteiger partial charge in [0.25, 0.3) is 6.47 Å². The third-order valence-electron chi connectivity index (χ3n) is 9.26. The maximum absolute atomic E-state index is 11.8. The van der Waals surface area contributed by atoms with Crippen molar-refractivity contribution < 1.29 is 148 Å². The molecule has 6 aromatic heterocycles. The van der Waals surface area contributed by atoms with E-state index in [0.29, 0.717) is 51.1 Å². The Morgan fingerprint density at radius 1 is 0.662 bits per heavy atom. The van der Waals surface area contributed by atoms with E-state index in [4.69, 9.17) is 65.9 Å². The Balaban J connectivity index is 0.000000498. The summed E-state index contributed by atoms with van der Waals surface area (Å²) in [5.74, 6) is -0.699. The molecule has 18 nitrogen and oxygen atoms in total. The summed E-state index contributed by atoms with van der Waals surface area (Å²) in [5.41, 5.74) is 7.02. The number of fused-ring (bicyclic) bond motifs is 3. The van der Waals surface area contributed by atoms with E-state index in [0.717, 1.165) is 60.1 Å². The average molecular weight is 1480 g/mol. The number of halogens is 7. The zero-order valence-corrected chi connectivity index (χ0v) is 54.7. The normalized spacial score (nSPS) is 9.88. The van der Waals surface area contributed by atoms with Gasteiger partial charge in [0, 0.05) is 46.8 Å². The number of hydrogen-bond acceptors (Lipinski definition) is 15. The summed E-state index contributed by atoms with van der Waals surface area (Å²) in [6.45, 7) is 0.839. The largest absolute Gasteiger partial charge is 1.00 e. The first-order valence-electron chi connectivity index (χ1n) is 19.9. The van der Waals surface area contributed by atoms with E-state index in [1.807, 2.05) is 102 Å². The minimum Gasteiger partial charge on any atom is -1.00 e. The van der Waals surface area contributed by atoms with E-state index in [1.165, 1.54) is 21.3 Å². The van der Waals surface area contributed by atoms with Crippen LogP contribution in [0.25, 0.3) is 32.7 Å². The van der Waals surface area contributed by atoms with Crippen LogP contribution in [-0.4, -0.2) is 90.4 Å². The fraction of sp³-hybridized carbons (Fsp3) is 0.149. The SMILES string of the molecule is C.COC(=O)c1[nH]ncc1I.COC(=O)c1c(I)cnn1Cc1ccc2ncc(Cl)cc2c1.COC(=O)c1nn(Cc2ccc3ncc(Cl)cc3c2)cc1I.ClCc1ccc2ncc(Cl)cc2c1.O=CO[O-].[H-].[K+].[K+]. The summed E-state index contributed by atoms with van der Waals surface area (Å²) in [6.07, 6.45) is 9.91. The molecule has 0 spiro atoms. The van der Waals surface area contributed by atoms with E-state index < -0.39 is 11.9 Å². The van der Waals surface area contributed by atoms with Crippen LogP contribution in [0.15, 0.2) is 110 Å². The molecule has 0 aliphatic rings. The maximum atomic E-state index is 11.8. The van der Waals surface area contributed by atoms with Crippen molar-refractivity contribution in [1.29, 1.82) is 0 Å². The number of aromatic nitrogens is 9. The molecule has 0 aliphatic heterocycles. The molecule has 0 saturated heterocycles. The predicted molar refractivity (Wildman–Crippen MR) is 298 cm³/mol. The van der Waals surface area contributed by atoms with Crippen LogP contribution >= 0.6 is 114 Å². The summed E-state index contributed by atoms with van der Waals surface area (Å²) in [6, 6.07) is 23.4. The Bertz CT molecular complexity index is 3330. The molecule has 378 valence electrons. The number of alkyl halides is 1. The van der Waals surface area contributed by atoms with Gasteiger partial charge in [-0.15, -0.1) is 11.6 Å². The van der Waals surface area contributed by atoms with E-state index >= 15 is 0 Å². The number of nitrogens with one attached hydrogen (secondary N) is 1. The van der Waals surface area contributed by atoms with Gasteiger partial charge in [-0.2, -0.15) is 15.3 Å². The van der Waals surface area contributed by atoms with Gasteiger partial charge in [0.05, 0.1) is 89.1 Å². The second-order valence-corrected chi connectivity index (χ2v) is 19.0. The van der Waals surface area contributed by atoms with Crippen molar-refractivity contribution in [2.75, 3.05) is 21.3 Å². The zero-order chi connectivity index (χ0) is 51.6. The van der Waals surface area contributed by atoms with Crippen molar-refractivity contribution in [3.05, 3.63) is 170 Å². The molecule has 0 unspecified atom stereocenters. The third kappa shape index (κ3) is 20.3. The first-order chi connectivity index (χ1) is 34.1. The molecule has 1 N–H and O–H groups in total. The fourth-order valence-corrected chi connectivity index (χ4v) is 8.53. The monoisotopic (exact) mass is 1470 g/mol. The quantitative estimate of drug-likeness (QED) is 0.0303. The number of aromatic amines is 1. The van der Waals surface area contributed by atoms with Gasteiger partial charge in [0.1, 0.15) is 0 Å². The van der Waals surface area contributed by atoms with Crippen molar-refractivity contribution in [1.82, 2.24) is 44.7 Å². The van der Waals surface area contributed by atoms with Gasteiger partial charge in [-0.05, 0) is 139 Å². The topological polar surface area (TPSA) is 231 Å². The molecule has 27 heteroatoms. The number of carbonyl (C=O) groups is 4. The molecule has 0 aliphatic carbocycles. The van der Waals surface area contributed by atoms with Crippen molar-refractivity contribution in [3.8, 4) is 0 Å². The molecule has 6 heterocycles. The van der Waals surface area contributed by atoms with Crippen LogP contribution in [0.2, 0.25) is 15.1 Å². The van der Waals surface area contributed by atoms with Gasteiger partial charge in [-0.1, -0.05) is 60.4 Å². The van der Waals surface area contributed by atoms with Gasteiger partial charge >= 0.3 is 121 Å². The van der Waals surface area contributed by atoms with Crippen molar-refractivity contribution in [2.45, 2.75) is 26.4 Å². The van der Waals surface area contributed by atoms with Crippen LogP contribution in [0.1, 0.15) is 57.0 Å². The first kappa shape index (κ1) is 68.1. The standard InChI is InChI=1S/2C15H11ClIN3O2.C10H7Cl2N.C5H5IN2O2.CH2O3.CH4.2K.H/c1-22-15(21)14-12(17)7-19-20(14)8-9-2-3-13-10(4-9)5-11(16)6-18-13;1-22-15(21)14-12(17)8-20(19-14)7-9-2-3-13-10(4-9)5-11(16)6-18-13;11-5-7-1-2-10-8(3-7)4-9(12)6-13-10;1-10-5(9)4-3(6)2-7-8-4;2-1-4-3;;;;/h2-7H,8H2,1H3;2-6,8H,7H2,1H3;1-4,6H,5H2;2H,1H3,(H,7,8);1,3H;1H4;;;/q;;;;;;2*+1;-1/p-1. The van der Waals surface area contributed by atoms with Crippen LogP contribution in [0.3, 0.4) is 0 Å². The van der Waals surface area contributed by atoms with Gasteiger partial charge < -0.3 is 25.8 Å². The average Bonchev–Trinajstić information content (AvgIpc) is 4.09. The van der Waals surface area contributed by atoms with E-state index in [-0.39, 0.29) is 124 Å². The van der Waals surface area contributed by atoms with E-state index in [1.54, 1.807) is 40.3 Å². The molecular formula is C47H40Cl4I3K2N9O9. The van der Waals surface area contributed by atoms with Crippen LogP contribution in [-0.2, 0) is 42.9 Å². The Kier molecular flexibility index (Phi) is 32.0. The number of ether oxygens (including phenoxy) is 3. The molecule has 9 aromatic rings. The molecule has 0 bridgehead atoms. The number of esters is 3. The second-order valence-electron chi connectivity index (χ2n) is 14.0. The summed E-state index contributed by atoms with van der Waals surface area (Å²) < 4.78 is 19.6. The van der Waals surface area contributed by atoms with Crippen molar-refractivity contribution >= 4 is 171 Å². The Morgan fingerprint density at radius 2 is 1.12 bits per heavy atom. The molecule has 3 aromatic carbocycles. The third-order valence-corrected chi connectivity index (χ3v) is 12.6. The Hall–Kier alpha value is -2.02. The van der Waals surface area contributed by atoms with Crippen molar-refractivity contribution in [2.24, 2.45) is 0 Å². The van der Waals surface area contributed by atoms with Gasteiger partial charge in [0.15, 0.2) is 17.1 Å². The minimum absolute atomic E-state index is 0. The molecule has 0 saturated carbocycles. The zero-order valence-electron chi connectivity index (χ0n) is 40.0. The molecule has 0 radical (unpaired) electrons. The van der Waals surface area contributed by atoms with Crippen molar-refractivity contribution in [3.63, 3.8) is 0 Å². The molecule has 0 atom stereocenters. The summed E-state index contributed by atoms with van der Waals surface area (Å²) in [4.78, 5) is 58.2. The summed E-state index contributed by atoms with van der Waals surface area (Å²) >= 11 is 29.6. The van der Waals surface area contributed by atoms with Crippen LogP contribution < -0.4 is 108 Å². The van der Waals surface area contributed by atoms with Crippen LogP contribution in [0.4, 0.5) is 0 Å². The summed E-state index contributed by atoms with van der Waals surface area (Å²) in [5, 5.41) is 27.9. The number of methoxy groups -OCH3 is 3. The molecule has 0 fully saturated rings. The molecular weight excluding hydrogens is 1440 g/mol. The fourth-order valence-electron chi connectivity index (χ4n) is 6.11. The van der Waals surface area contributed by atoms with Gasteiger partial charge in [-0.3, -0.25) is 34.2 Å². The van der Waals surface area contributed by atoms with Gasteiger partial charge in [-0.25, -0.2) is 14.4 Å². The number of nitrogens with zero attached hydrogens (tertiary/aromatic N) is 8. The Labute approximate surface area is 571 Å². The van der Waals surface area contributed by atoms with Crippen LogP contribution in [0, 0.1) is 10.7 Å². The molecule has 74 heavy (non-hydrogen) atoms.